The van der Waals surface area contributed by atoms with Crippen LogP contribution < -0.4 is 4.74 Å². The molecule has 0 unspecified atom stereocenters. The molecule has 2 aromatic carbocycles. The third-order valence-corrected chi connectivity index (χ3v) is 4.41. The third-order valence-electron chi connectivity index (χ3n) is 4.41. The molecular formula is C21H15F3N2O. The van der Waals surface area contributed by atoms with Crippen LogP contribution in [0.3, 0.4) is 0 Å². The summed E-state index contributed by atoms with van der Waals surface area (Å²) in [5, 5.41) is 0. The molecular weight excluding hydrogens is 353 g/mol. The van der Waals surface area contributed by atoms with E-state index in [9.17, 15) is 13.2 Å². The van der Waals surface area contributed by atoms with Gasteiger partial charge < -0.3 is 9.14 Å². The van der Waals surface area contributed by atoms with Crippen LogP contribution in [0.15, 0.2) is 73.1 Å². The number of methoxy groups -OCH3 is 1. The van der Waals surface area contributed by atoms with Crippen molar-refractivity contribution in [3.63, 3.8) is 0 Å². The molecule has 4 aromatic rings. The summed E-state index contributed by atoms with van der Waals surface area (Å²) >= 11 is 0. The van der Waals surface area contributed by atoms with Gasteiger partial charge in [-0.3, -0.25) is 4.98 Å². The van der Waals surface area contributed by atoms with Crippen molar-refractivity contribution in [2.45, 2.75) is 6.18 Å². The van der Waals surface area contributed by atoms with E-state index >= 15 is 0 Å². The average Bonchev–Trinajstić information content (AvgIpc) is 3.11. The second-order valence-corrected chi connectivity index (χ2v) is 6.09. The lowest BCUT2D eigenvalue weighted by atomic mass is 10.1. The summed E-state index contributed by atoms with van der Waals surface area (Å²) in [6.07, 6.45) is -0.845. The molecule has 0 saturated heterocycles. The molecule has 0 amide bonds. The van der Waals surface area contributed by atoms with Gasteiger partial charge in [-0.2, -0.15) is 13.2 Å². The fourth-order valence-electron chi connectivity index (χ4n) is 3.01. The summed E-state index contributed by atoms with van der Waals surface area (Å²) < 4.78 is 46.1. The molecule has 4 rings (SSSR count). The maximum Gasteiger partial charge on any atom is 0.416 e. The molecule has 0 radical (unpaired) electrons. The first-order chi connectivity index (χ1) is 13.0. The summed E-state index contributed by atoms with van der Waals surface area (Å²) in [5.74, 6) is 0.741. The van der Waals surface area contributed by atoms with E-state index in [0.717, 1.165) is 34.7 Å². The number of hydrogen-bond donors (Lipinski definition) is 0. The molecule has 0 saturated carbocycles. The maximum absolute atomic E-state index is 13.0. The second kappa shape index (κ2) is 6.46. The predicted octanol–water partition coefficient (Wildman–Crippen LogP) is 5.70. The highest BCUT2D eigenvalue weighted by molar-refractivity contribution is 5.70. The number of nitrogens with zero attached hydrogens (tertiary/aromatic N) is 2. The molecule has 2 aromatic heterocycles. The molecule has 0 aliphatic heterocycles. The monoisotopic (exact) mass is 368 g/mol. The zero-order valence-corrected chi connectivity index (χ0v) is 14.4. The highest BCUT2D eigenvalue weighted by Gasteiger charge is 2.30. The first-order valence-electron chi connectivity index (χ1n) is 8.25. The highest BCUT2D eigenvalue weighted by atomic mass is 19.4. The molecule has 136 valence electrons. The van der Waals surface area contributed by atoms with Crippen LogP contribution >= 0.6 is 0 Å². The maximum atomic E-state index is 13.0. The molecule has 0 N–H and O–H groups in total. The summed E-state index contributed by atoms with van der Waals surface area (Å²) in [5.41, 5.74) is 2.92. The van der Waals surface area contributed by atoms with Crippen molar-refractivity contribution in [1.29, 1.82) is 0 Å². The van der Waals surface area contributed by atoms with Gasteiger partial charge in [0.1, 0.15) is 5.75 Å². The molecule has 27 heavy (non-hydrogen) atoms. The molecule has 0 aliphatic rings. The zero-order chi connectivity index (χ0) is 19.0. The second-order valence-electron chi connectivity index (χ2n) is 6.09. The van der Waals surface area contributed by atoms with E-state index in [2.05, 4.69) is 4.98 Å². The highest BCUT2D eigenvalue weighted by Crippen LogP contribution is 2.33. The van der Waals surface area contributed by atoms with Crippen LogP contribution in [0.4, 0.5) is 13.2 Å². The van der Waals surface area contributed by atoms with Gasteiger partial charge in [0.25, 0.3) is 0 Å². The van der Waals surface area contributed by atoms with Crippen LogP contribution in [-0.4, -0.2) is 16.5 Å². The van der Waals surface area contributed by atoms with Crippen molar-refractivity contribution in [3.05, 3.63) is 78.6 Å². The van der Waals surface area contributed by atoms with Gasteiger partial charge >= 0.3 is 6.18 Å². The SMILES string of the molecule is COc1ccc(-c2cn3c(-c4cccc(C(F)(F)F)c4)ccc3cn2)cc1. The van der Waals surface area contributed by atoms with Crippen LogP contribution in [0, 0.1) is 0 Å². The Bertz CT molecular complexity index is 1100. The lowest BCUT2D eigenvalue weighted by molar-refractivity contribution is -0.137. The zero-order valence-electron chi connectivity index (χ0n) is 14.4. The fourth-order valence-corrected chi connectivity index (χ4v) is 3.01. The van der Waals surface area contributed by atoms with Gasteiger partial charge in [0.2, 0.25) is 0 Å². The molecule has 2 heterocycles. The van der Waals surface area contributed by atoms with Crippen LogP contribution in [0.5, 0.6) is 5.75 Å². The van der Waals surface area contributed by atoms with Gasteiger partial charge in [0, 0.05) is 11.8 Å². The standard InChI is InChI=1S/C21H15F3N2O/c1-27-18-8-5-14(6-9-18)19-13-26-17(12-25-19)7-10-20(26)15-3-2-4-16(11-15)21(22,23)24/h2-13H,1H3. The van der Waals surface area contributed by atoms with E-state index in [1.165, 1.54) is 6.07 Å². The Balaban J connectivity index is 1.81. The topological polar surface area (TPSA) is 26.5 Å². The number of ether oxygens (including phenoxy) is 1. The van der Waals surface area contributed by atoms with E-state index < -0.39 is 11.7 Å². The number of hydrogen-bond acceptors (Lipinski definition) is 2. The minimum Gasteiger partial charge on any atom is -0.497 e. The summed E-state index contributed by atoms with van der Waals surface area (Å²) in [4.78, 5) is 4.45. The smallest absolute Gasteiger partial charge is 0.416 e. The number of aromatic nitrogens is 2. The number of rotatable bonds is 3. The van der Waals surface area contributed by atoms with Crippen LogP contribution in [0.25, 0.3) is 28.0 Å². The first-order valence-corrected chi connectivity index (χ1v) is 8.25. The Kier molecular flexibility index (Phi) is 4.11. The lowest BCUT2D eigenvalue weighted by Crippen LogP contribution is -2.04. The Labute approximate surface area is 153 Å². The fraction of sp³-hybridized carbons (Fsp3) is 0.0952. The number of benzene rings is 2. The lowest BCUT2D eigenvalue weighted by Gasteiger charge is -2.10. The molecule has 0 spiro atoms. The molecule has 3 nitrogen and oxygen atoms in total. The summed E-state index contributed by atoms with van der Waals surface area (Å²) in [6.45, 7) is 0. The third kappa shape index (κ3) is 3.26. The predicted molar refractivity (Wildman–Crippen MR) is 97.6 cm³/mol. The van der Waals surface area contributed by atoms with E-state index in [4.69, 9.17) is 4.74 Å². The van der Waals surface area contributed by atoms with Crippen molar-refractivity contribution in [2.75, 3.05) is 7.11 Å². The quantitative estimate of drug-likeness (QED) is 0.464. The van der Waals surface area contributed by atoms with Crippen molar-refractivity contribution in [1.82, 2.24) is 9.38 Å². The van der Waals surface area contributed by atoms with Gasteiger partial charge in [-0.15, -0.1) is 0 Å². The van der Waals surface area contributed by atoms with Gasteiger partial charge in [-0.25, -0.2) is 0 Å². The van der Waals surface area contributed by atoms with Gasteiger partial charge in [-0.05, 0) is 54.1 Å². The normalized spacial score (nSPS) is 11.7. The molecule has 0 atom stereocenters. The largest absolute Gasteiger partial charge is 0.497 e. The average molecular weight is 368 g/mol. The van der Waals surface area contributed by atoms with Crippen molar-refractivity contribution in [2.24, 2.45) is 0 Å². The van der Waals surface area contributed by atoms with E-state index in [0.29, 0.717) is 11.3 Å². The molecule has 0 aliphatic carbocycles. The Hall–Kier alpha value is -3.28. The Morgan fingerprint density at radius 2 is 1.70 bits per heavy atom. The first kappa shape index (κ1) is 17.1. The Morgan fingerprint density at radius 3 is 2.41 bits per heavy atom. The number of alkyl halides is 3. The van der Waals surface area contributed by atoms with Crippen LogP contribution in [0.1, 0.15) is 5.56 Å². The number of halogens is 3. The minimum atomic E-state index is -4.38. The van der Waals surface area contributed by atoms with Crippen LogP contribution in [-0.2, 0) is 6.18 Å². The van der Waals surface area contributed by atoms with Crippen molar-refractivity contribution < 1.29 is 17.9 Å². The molecule has 0 fully saturated rings. The van der Waals surface area contributed by atoms with E-state index in [-0.39, 0.29) is 0 Å². The molecule has 6 heteroatoms. The van der Waals surface area contributed by atoms with Crippen molar-refractivity contribution in [3.8, 4) is 28.3 Å². The minimum absolute atomic E-state index is 0.497. The van der Waals surface area contributed by atoms with E-state index in [1.807, 2.05) is 40.9 Å². The van der Waals surface area contributed by atoms with Gasteiger partial charge in [0.05, 0.1) is 35.8 Å². The van der Waals surface area contributed by atoms with Gasteiger partial charge in [-0.1, -0.05) is 12.1 Å². The molecule has 0 bridgehead atoms. The Morgan fingerprint density at radius 1 is 0.926 bits per heavy atom. The van der Waals surface area contributed by atoms with E-state index in [1.54, 1.807) is 25.4 Å². The number of fused-ring (bicyclic) bond motifs is 1. The summed E-state index contributed by atoms with van der Waals surface area (Å²) in [7, 11) is 1.60. The van der Waals surface area contributed by atoms with Crippen molar-refractivity contribution >= 4 is 5.52 Å². The van der Waals surface area contributed by atoms with Crippen LogP contribution in [0.2, 0.25) is 0 Å². The van der Waals surface area contributed by atoms with Gasteiger partial charge in [0.15, 0.2) is 0 Å². The summed E-state index contributed by atoms with van der Waals surface area (Å²) in [6, 6.07) is 16.4.